The molecule has 0 aliphatic carbocycles. The van der Waals surface area contributed by atoms with Crippen LogP contribution < -0.4 is 0 Å². The van der Waals surface area contributed by atoms with Gasteiger partial charge in [-0.1, -0.05) is 135 Å². The number of phosphoric ester groups is 1. The monoisotopic (exact) mass is 628 g/mol. The molecule has 1 unspecified atom stereocenters. The Morgan fingerprint density at radius 1 is 0.591 bits per heavy atom. The molecule has 0 heterocycles. The zero-order chi connectivity index (χ0) is 32.6. The van der Waals surface area contributed by atoms with Crippen molar-refractivity contribution in [1.82, 2.24) is 0 Å². The minimum absolute atomic E-state index is 0.0912. The number of unbranched alkanes of at least 4 members (excludes halogenated alkanes) is 2. The lowest BCUT2D eigenvalue weighted by molar-refractivity contribution is -0.161. The number of ether oxygens (including phenoxy) is 2. The molecular weight excluding hydrogens is 579 g/mol. The van der Waals surface area contributed by atoms with E-state index in [1.807, 2.05) is 109 Å². The zero-order valence-corrected chi connectivity index (χ0v) is 26.9. The highest BCUT2D eigenvalue weighted by atomic mass is 31.2. The highest BCUT2D eigenvalue weighted by Gasteiger charge is 2.22. The standard InChI is InChI=1S/C35H49O8P/c1-3-5-7-9-11-13-15-17-19-21-23-25-27-29-34(36)41-31-33(32-42-44(38,39)40)43-35(37)30-28-26-24-22-20-18-16-14-12-10-8-6-4-2/h5-24,33H,3-4,25-32H2,1-2H3,(H2,38,39,40)/b7-5+,8-6+,11-9+,12-10+,15-13+,16-14+,19-17+,20-18+,23-21+,24-22+. The molecule has 242 valence electrons. The van der Waals surface area contributed by atoms with E-state index in [0.29, 0.717) is 25.7 Å². The van der Waals surface area contributed by atoms with E-state index in [-0.39, 0.29) is 19.4 Å². The molecule has 1 atom stereocenters. The largest absolute Gasteiger partial charge is 0.469 e. The van der Waals surface area contributed by atoms with Gasteiger partial charge in [-0.15, -0.1) is 0 Å². The van der Waals surface area contributed by atoms with E-state index in [0.717, 1.165) is 12.8 Å². The molecule has 0 saturated carbocycles. The van der Waals surface area contributed by atoms with E-state index in [1.165, 1.54) is 0 Å². The SMILES string of the molecule is CC/C=C/C=C/C=C/C=C/C=C/CCCC(=O)OCC(COP(=O)(O)O)OC(=O)CCC/C=C/C=C/C=C/C=C/C=C/CC. The summed E-state index contributed by atoms with van der Waals surface area (Å²) < 4.78 is 26.0. The molecule has 0 aliphatic heterocycles. The summed E-state index contributed by atoms with van der Waals surface area (Å²) in [5, 5.41) is 0. The van der Waals surface area contributed by atoms with Gasteiger partial charge in [0.2, 0.25) is 0 Å². The van der Waals surface area contributed by atoms with E-state index in [4.69, 9.17) is 19.3 Å². The first-order valence-electron chi connectivity index (χ1n) is 15.0. The van der Waals surface area contributed by atoms with Gasteiger partial charge >= 0.3 is 19.8 Å². The summed E-state index contributed by atoms with van der Waals surface area (Å²) in [6.07, 6.45) is 42.3. The molecule has 0 saturated heterocycles. The fourth-order valence-electron chi connectivity index (χ4n) is 3.08. The van der Waals surface area contributed by atoms with Crippen molar-refractivity contribution >= 4 is 19.8 Å². The van der Waals surface area contributed by atoms with Gasteiger partial charge < -0.3 is 19.3 Å². The van der Waals surface area contributed by atoms with Crippen molar-refractivity contribution in [2.45, 2.75) is 71.3 Å². The number of carbonyl (C=O) groups is 2. The van der Waals surface area contributed by atoms with Gasteiger partial charge in [0.25, 0.3) is 0 Å². The number of rotatable bonds is 24. The summed E-state index contributed by atoms with van der Waals surface area (Å²) in [5.74, 6) is -1.08. The van der Waals surface area contributed by atoms with Gasteiger partial charge in [0.05, 0.1) is 6.61 Å². The lowest BCUT2D eigenvalue weighted by atomic mass is 10.2. The topological polar surface area (TPSA) is 119 Å². The molecule has 0 fully saturated rings. The average molecular weight is 629 g/mol. The first-order chi connectivity index (χ1) is 21.3. The van der Waals surface area contributed by atoms with Gasteiger partial charge in [-0.05, 0) is 38.5 Å². The molecule has 0 radical (unpaired) electrons. The maximum Gasteiger partial charge on any atom is 0.469 e. The molecule has 0 rings (SSSR count). The van der Waals surface area contributed by atoms with Crippen LogP contribution in [-0.4, -0.2) is 41.0 Å². The van der Waals surface area contributed by atoms with Crippen molar-refractivity contribution in [2.24, 2.45) is 0 Å². The van der Waals surface area contributed by atoms with Crippen molar-refractivity contribution in [2.75, 3.05) is 13.2 Å². The second kappa shape index (κ2) is 29.5. The summed E-state index contributed by atoms with van der Waals surface area (Å²) in [7, 11) is -4.79. The molecule has 0 amide bonds. The number of allylic oxidation sites excluding steroid dienone is 20. The summed E-state index contributed by atoms with van der Waals surface area (Å²) in [6.45, 7) is 3.20. The predicted octanol–water partition coefficient (Wildman–Crippen LogP) is 8.27. The minimum atomic E-state index is -4.79. The van der Waals surface area contributed by atoms with Crippen molar-refractivity contribution in [3.8, 4) is 0 Å². The van der Waals surface area contributed by atoms with Crippen LogP contribution in [0.2, 0.25) is 0 Å². The van der Waals surface area contributed by atoms with Crippen LogP contribution in [0.25, 0.3) is 0 Å². The number of hydrogen-bond donors (Lipinski definition) is 2. The van der Waals surface area contributed by atoms with Crippen LogP contribution in [0.5, 0.6) is 0 Å². The van der Waals surface area contributed by atoms with Gasteiger partial charge in [0.15, 0.2) is 6.10 Å². The number of carbonyl (C=O) groups excluding carboxylic acids is 2. The van der Waals surface area contributed by atoms with Crippen molar-refractivity contribution in [1.29, 1.82) is 0 Å². The third-order valence-corrected chi connectivity index (χ3v) is 5.72. The normalized spacial score (nSPS) is 14.2. The average Bonchev–Trinajstić information content (AvgIpc) is 2.98. The third-order valence-electron chi connectivity index (χ3n) is 5.23. The van der Waals surface area contributed by atoms with E-state index in [9.17, 15) is 14.2 Å². The molecule has 0 bridgehead atoms. The molecule has 0 aliphatic rings. The number of esters is 2. The molecule has 9 heteroatoms. The molecule has 0 spiro atoms. The first kappa shape index (κ1) is 40.5. The quantitative estimate of drug-likeness (QED) is 0.0474. The lowest BCUT2D eigenvalue weighted by Crippen LogP contribution is -2.29. The van der Waals surface area contributed by atoms with Crippen LogP contribution in [0.15, 0.2) is 122 Å². The molecule has 44 heavy (non-hydrogen) atoms. The van der Waals surface area contributed by atoms with Crippen LogP contribution in [0, 0.1) is 0 Å². The molecular formula is C35H49O8P. The lowest BCUT2D eigenvalue weighted by Gasteiger charge is -2.18. The Hall–Kier alpha value is -3.55. The van der Waals surface area contributed by atoms with Gasteiger partial charge in [-0.25, -0.2) is 4.57 Å². The number of hydrogen-bond acceptors (Lipinski definition) is 6. The highest BCUT2D eigenvalue weighted by Crippen LogP contribution is 2.35. The van der Waals surface area contributed by atoms with Crippen LogP contribution in [0.1, 0.15) is 65.2 Å². The second-order valence-electron chi connectivity index (χ2n) is 9.20. The summed E-state index contributed by atoms with van der Waals surface area (Å²) in [6, 6.07) is 0. The van der Waals surface area contributed by atoms with Crippen LogP contribution >= 0.6 is 7.82 Å². The van der Waals surface area contributed by atoms with Crippen LogP contribution in [-0.2, 0) is 28.2 Å². The Bertz CT molecular complexity index is 1110. The maximum absolute atomic E-state index is 12.2. The Morgan fingerprint density at radius 3 is 1.39 bits per heavy atom. The minimum Gasteiger partial charge on any atom is -0.462 e. The fourth-order valence-corrected chi connectivity index (χ4v) is 3.44. The molecule has 0 aromatic rings. The summed E-state index contributed by atoms with van der Waals surface area (Å²) in [4.78, 5) is 42.3. The van der Waals surface area contributed by atoms with Gasteiger partial charge in [-0.2, -0.15) is 0 Å². The highest BCUT2D eigenvalue weighted by molar-refractivity contribution is 7.46. The summed E-state index contributed by atoms with van der Waals surface area (Å²) >= 11 is 0. The van der Waals surface area contributed by atoms with Crippen molar-refractivity contribution < 1.29 is 37.9 Å². The first-order valence-corrected chi connectivity index (χ1v) is 16.5. The molecule has 0 aromatic carbocycles. The Kier molecular flexibility index (Phi) is 27.1. The predicted molar refractivity (Wildman–Crippen MR) is 179 cm³/mol. The fraction of sp³-hybridized carbons (Fsp3) is 0.371. The van der Waals surface area contributed by atoms with Gasteiger partial charge in [-0.3, -0.25) is 14.1 Å². The van der Waals surface area contributed by atoms with Gasteiger partial charge in [0, 0.05) is 12.8 Å². The van der Waals surface area contributed by atoms with Gasteiger partial charge in [0.1, 0.15) is 6.61 Å². The maximum atomic E-state index is 12.2. The Morgan fingerprint density at radius 2 is 0.977 bits per heavy atom. The molecule has 8 nitrogen and oxygen atoms in total. The van der Waals surface area contributed by atoms with E-state index in [1.54, 1.807) is 0 Å². The Labute approximate surface area is 263 Å². The van der Waals surface area contributed by atoms with E-state index < -0.39 is 32.5 Å². The van der Waals surface area contributed by atoms with Crippen molar-refractivity contribution in [3.05, 3.63) is 122 Å². The summed E-state index contributed by atoms with van der Waals surface area (Å²) in [5.41, 5.74) is 0. The molecule has 0 aromatic heterocycles. The van der Waals surface area contributed by atoms with Crippen LogP contribution in [0.3, 0.4) is 0 Å². The van der Waals surface area contributed by atoms with E-state index >= 15 is 0 Å². The molecule has 2 N–H and O–H groups in total. The Balaban J connectivity index is 4.39. The van der Waals surface area contributed by atoms with E-state index in [2.05, 4.69) is 30.5 Å². The second-order valence-corrected chi connectivity index (χ2v) is 10.4. The number of phosphoric acid groups is 1. The van der Waals surface area contributed by atoms with Crippen molar-refractivity contribution in [3.63, 3.8) is 0 Å². The zero-order valence-electron chi connectivity index (χ0n) is 26.0. The third kappa shape index (κ3) is 31.4. The smallest absolute Gasteiger partial charge is 0.462 e. The van der Waals surface area contributed by atoms with Crippen LogP contribution in [0.4, 0.5) is 0 Å².